The van der Waals surface area contributed by atoms with Crippen LogP contribution in [0.1, 0.15) is 130 Å². The molecular weight excluding hydrogens is 1800 g/mol. The van der Waals surface area contributed by atoms with Crippen LogP contribution in [0.15, 0.2) is 432 Å². The van der Waals surface area contributed by atoms with E-state index in [0.717, 1.165) is 127 Å². The Kier molecular flexibility index (Phi) is 21.4. The van der Waals surface area contributed by atoms with Crippen molar-refractivity contribution < 1.29 is 13.3 Å². The van der Waals surface area contributed by atoms with Gasteiger partial charge in [-0.15, -0.1) is 0 Å². The van der Waals surface area contributed by atoms with Gasteiger partial charge in [0.25, 0.3) is 0 Å². The van der Waals surface area contributed by atoms with E-state index in [4.69, 9.17) is 58.1 Å². The van der Waals surface area contributed by atoms with Crippen molar-refractivity contribution in [3.05, 3.63) is 452 Å². The lowest BCUT2D eigenvalue weighted by Gasteiger charge is -2.36. The molecule has 0 aliphatic heterocycles. The molecule has 24 aromatic rings. The third-order valence-electron chi connectivity index (χ3n) is 32.2. The molecule has 0 amide bonds. The molecule has 0 radical (unpaired) electrons. The lowest BCUT2D eigenvalue weighted by molar-refractivity contribution is 0.353. The number of aromatic nitrogens is 9. The number of hydrogen-bond acceptors (Lipinski definition) is 12. The van der Waals surface area contributed by atoms with Crippen molar-refractivity contribution in [3.63, 3.8) is 0 Å². The van der Waals surface area contributed by atoms with Gasteiger partial charge in [0.2, 0.25) is 0 Å². The quantitative estimate of drug-likeness (QED) is 0.114. The fourth-order valence-electron chi connectivity index (χ4n) is 25.3. The second-order valence-electron chi connectivity index (χ2n) is 40.5. The van der Waals surface area contributed by atoms with E-state index in [1.165, 1.54) is 185 Å². The molecule has 0 unspecified atom stereocenters. The van der Waals surface area contributed by atoms with Gasteiger partial charge >= 0.3 is 0 Å². The number of rotatable bonds is 12. The minimum absolute atomic E-state index is 0.115. The summed E-state index contributed by atoms with van der Waals surface area (Å²) < 4.78 is 18.7. The molecule has 3 spiro atoms. The Morgan fingerprint density at radius 2 is 0.422 bits per heavy atom. The maximum atomic E-state index is 6.39. The highest BCUT2D eigenvalue weighted by Gasteiger charge is 2.47. The Morgan fingerprint density at radius 1 is 0.150 bits per heavy atom. The summed E-state index contributed by atoms with van der Waals surface area (Å²) in [6.45, 7) is 0. The van der Waals surface area contributed by atoms with Gasteiger partial charge in [0, 0.05) is 93.1 Å². The van der Waals surface area contributed by atoms with Crippen molar-refractivity contribution >= 4 is 65.8 Å². The highest BCUT2D eigenvalue weighted by atomic mass is 16.3. The molecule has 702 valence electrons. The molecule has 30 rings (SSSR count). The highest BCUT2D eigenvalue weighted by Crippen LogP contribution is 2.61. The summed E-state index contributed by atoms with van der Waals surface area (Å²) in [4.78, 5) is 45.5. The summed E-state index contributed by atoms with van der Waals surface area (Å²) in [6.07, 6.45) is 19.0. The molecular formula is C135H99N9O3. The standard InChI is InChI=1S/3C45H33N3O/c1-3-13-29(14-4-1)42-46-43(48-44(47-42)36-19-12-22-40-41(36)35-18-6-8-21-39(35)49-40)32-16-11-15-30(27-32)31-23-24-34-33-17-5-7-20-37(33)45(38(34)28-31)25-9-2-10-26-45;1-3-12-29(13-4-1)42-46-43(48-44(47-42)33-21-23-41-37(27-33)36-17-6-8-19-40(36)49-41)32-15-11-14-30(26-32)31-20-22-35-34-16-5-7-18-38(34)45(39(35)28-31)24-9-2-10-25-45;1-3-12-30(13-4-1)42-46-43(48-44(47-42)37-17-11-16-36-35-15-6-8-19-40(35)49-41(36)37)31-22-20-29(21-23-31)32-24-25-34-33-14-5-7-18-38(33)45(39(34)28-32)26-9-2-10-27-45/h1,3-8,11-24,27-28H,2,9-10,25-26H2;1,3-8,11-23,26-28H,2,9-10,24-25H2;1,3-8,11-25,28H,2,9-10,26-27H2. The van der Waals surface area contributed by atoms with E-state index < -0.39 is 0 Å². The highest BCUT2D eigenvalue weighted by molar-refractivity contribution is 6.13. The predicted octanol–water partition coefficient (Wildman–Crippen LogP) is 35.0. The van der Waals surface area contributed by atoms with Crippen LogP contribution in [0.25, 0.3) is 235 Å². The number of fused-ring (bicyclic) bond motifs is 24. The molecule has 147 heavy (non-hydrogen) atoms. The Morgan fingerprint density at radius 3 is 0.891 bits per heavy atom. The number of para-hydroxylation sites is 4. The van der Waals surface area contributed by atoms with Crippen LogP contribution in [0.4, 0.5) is 0 Å². The molecule has 3 fully saturated rings. The van der Waals surface area contributed by atoms with Crippen LogP contribution in [-0.4, -0.2) is 44.9 Å². The summed E-state index contributed by atoms with van der Waals surface area (Å²) in [5.41, 5.74) is 38.5. The van der Waals surface area contributed by atoms with Gasteiger partial charge in [0.1, 0.15) is 33.5 Å². The lowest BCUT2D eigenvalue weighted by Crippen LogP contribution is -2.28. The van der Waals surface area contributed by atoms with E-state index in [2.05, 4.69) is 261 Å². The van der Waals surface area contributed by atoms with Crippen molar-refractivity contribution in [1.82, 2.24) is 44.9 Å². The SMILES string of the molecule is c1ccc(-c2nc(-c3ccc(-c4ccc5c(c4)C4(CCCCC4)c4ccccc4-5)cc3)nc(-c3cccc4c3oc3ccccc34)n2)cc1.c1ccc(-c2nc(-c3cccc(-c4ccc5c(c4)C4(CCCCC4)c4ccccc4-5)c3)nc(-c3ccc4oc5ccccc5c4c3)n2)cc1.c1ccc(-c2nc(-c3cccc(-c4ccc5c(c4)C4(CCCCC4)c4ccccc4-5)c3)nc(-c3cccc4oc5ccccc5c34)n2)cc1. The lowest BCUT2D eigenvalue weighted by atomic mass is 9.67. The summed E-state index contributed by atoms with van der Waals surface area (Å²) in [5.74, 6) is 5.71. The van der Waals surface area contributed by atoms with Gasteiger partial charge < -0.3 is 13.3 Å². The number of furan rings is 3. The summed E-state index contributed by atoms with van der Waals surface area (Å²) in [7, 11) is 0. The minimum Gasteiger partial charge on any atom is -0.456 e. The van der Waals surface area contributed by atoms with E-state index in [9.17, 15) is 0 Å². The third-order valence-corrected chi connectivity index (χ3v) is 32.2. The number of nitrogens with zero attached hydrogens (tertiary/aromatic N) is 9. The second kappa shape index (κ2) is 36.1. The molecule has 0 N–H and O–H groups in total. The summed E-state index contributed by atoms with van der Waals surface area (Å²) in [5, 5.41) is 6.32. The third kappa shape index (κ3) is 15.1. The molecule has 6 heterocycles. The Hall–Kier alpha value is -17.6. The maximum Gasteiger partial charge on any atom is 0.167 e. The fraction of sp³-hybridized carbons (Fsp3) is 0.133. The van der Waals surface area contributed by atoms with E-state index in [1.54, 1.807) is 0 Å². The predicted molar refractivity (Wildman–Crippen MR) is 594 cm³/mol. The van der Waals surface area contributed by atoms with Gasteiger partial charge in [0.15, 0.2) is 52.4 Å². The van der Waals surface area contributed by atoms with Crippen LogP contribution >= 0.6 is 0 Å². The summed E-state index contributed by atoms with van der Waals surface area (Å²) >= 11 is 0. The van der Waals surface area contributed by atoms with E-state index in [0.29, 0.717) is 52.4 Å². The number of hydrogen-bond donors (Lipinski definition) is 0. The number of benzene rings is 18. The molecule has 18 aromatic carbocycles. The van der Waals surface area contributed by atoms with Crippen LogP contribution < -0.4 is 0 Å². The van der Waals surface area contributed by atoms with Crippen LogP contribution in [0.2, 0.25) is 0 Å². The van der Waals surface area contributed by atoms with Gasteiger partial charge in [-0.25, -0.2) is 44.9 Å². The van der Waals surface area contributed by atoms with Crippen molar-refractivity contribution in [3.8, 4) is 169 Å². The van der Waals surface area contributed by atoms with Crippen LogP contribution in [0, 0.1) is 0 Å². The van der Waals surface area contributed by atoms with Gasteiger partial charge in [-0.05, 0) is 218 Å². The van der Waals surface area contributed by atoms with E-state index >= 15 is 0 Å². The van der Waals surface area contributed by atoms with Gasteiger partial charge in [-0.3, -0.25) is 0 Å². The van der Waals surface area contributed by atoms with Gasteiger partial charge in [-0.2, -0.15) is 0 Å². The largest absolute Gasteiger partial charge is 0.456 e. The Bertz CT molecular complexity index is 9310. The van der Waals surface area contributed by atoms with E-state index in [1.807, 2.05) is 158 Å². The molecule has 3 saturated carbocycles. The normalized spacial score (nSPS) is 14.7. The molecule has 6 aromatic heterocycles. The van der Waals surface area contributed by atoms with E-state index in [-0.39, 0.29) is 16.2 Å². The topological polar surface area (TPSA) is 155 Å². The van der Waals surface area contributed by atoms with Crippen LogP contribution in [0.3, 0.4) is 0 Å². The zero-order chi connectivity index (χ0) is 97.1. The fourth-order valence-corrected chi connectivity index (χ4v) is 25.3. The Labute approximate surface area is 851 Å². The van der Waals surface area contributed by atoms with Crippen LogP contribution in [0.5, 0.6) is 0 Å². The molecule has 12 nitrogen and oxygen atoms in total. The molecule has 0 saturated heterocycles. The van der Waals surface area contributed by atoms with Crippen molar-refractivity contribution in [1.29, 1.82) is 0 Å². The zero-order valence-electron chi connectivity index (χ0n) is 81.2. The van der Waals surface area contributed by atoms with Crippen molar-refractivity contribution in [2.45, 2.75) is 113 Å². The first-order valence-electron chi connectivity index (χ1n) is 52.0. The monoisotopic (exact) mass is 1890 g/mol. The first kappa shape index (κ1) is 87.2. The van der Waals surface area contributed by atoms with Crippen molar-refractivity contribution in [2.75, 3.05) is 0 Å². The smallest absolute Gasteiger partial charge is 0.167 e. The zero-order valence-corrected chi connectivity index (χ0v) is 81.2. The second-order valence-corrected chi connectivity index (χ2v) is 40.5. The van der Waals surface area contributed by atoms with Crippen LogP contribution in [-0.2, 0) is 16.2 Å². The summed E-state index contributed by atoms with van der Waals surface area (Å²) in [6, 6.07) is 148. The molecule has 6 aliphatic carbocycles. The first-order valence-corrected chi connectivity index (χ1v) is 52.0. The molecule has 0 bridgehead atoms. The van der Waals surface area contributed by atoms with Crippen molar-refractivity contribution in [2.24, 2.45) is 0 Å². The Balaban J connectivity index is 0.000000107. The first-order chi connectivity index (χ1) is 72.7. The average molecular weight is 1900 g/mol. The minimum atomic E-state index is 0.115. The molecule has 6 aliphatic rings. The molecule has 0 atom stereocenters. The molecule has 12 heteroatoms. The van der Waals surface area contributed by atoms with Gasteiger partial charge in [0.05, 0.1) is 5.56 Å². The average Bonchev–Trinajstić information content (AvgIpc) is 1.56. The maximum absolute atomic E-state index is 6.39. The van der Waals surface area contributed by atoms with Gasteiger partial charge in [-0.1, -0.05) is 398 Å².